The molecule has 0 atom stereocenters. The van der Waals surface area contributed by atoms with E-state index in [-0.39, 0.29) is 5.91 Å². The second-order valence-corrected chi connectivity index (χ2v) is 4.18. The van der Waals surface area contributed by atoms with Crippen LogP contribution in [0.25, 0.3) is 0 Å². The summed E-state index contributed by atoms with van der Waals surface area (Å²) in [5.74, 6) is 0.734. The molecule has 0 aromatic heterocycles. The number of hydrogen-bond donors (Lipinski definition) is 2. The van der Waals surface area contributed by atoms with Crippen LogP contribution >= 0.6 is 15.9 Å². The summed E-state index contributed by atoms with van der Waals surface area (Å²) in [6, 6.07) is 5.69. The maximum absolute atomic E-state index is 11.3. The summed E-state index contributed by atoms with van der Waals surface area (Å²) in [5.41, 5.74) is 0.946. The minimum atomic E-state index is -0.0375. The minimum Gasteiger partial charge on any atom is -0.496 e. The lowest BCUT2D eigenvalue weighted by Crippen LogP contribution is -2.31. The molecule has 88 valence electrons. The molecule has 0 aliphatic rings. The van der Waals surface area contributed by atoms with Gasteiger partial charge in [0.1, 0.15) is 5.75 Å². The van der Waals surface area contributed by atoms with Gasteiger partial charge in [0.15, 0.2) is 0 Å². The minimum absolute atomic E-state index is 0.0375. The maximum atomic E-state index is 11.3. The van der Waals surface area contributed by atoms with E-state index in [1.165, 1.54) is 0 Å². The zero-order valence-corrected chi connectivity index (χ0v) is 10.9. The zero-order chi connectivity index (χ0) is 12.0. The number of benzene rings is 1. The van der Waals surface area contributed by atoms with Crippen molar-refractivity contribution >= 4 is 21.8 Å². The highest BCUT2D eigenvalue weighted by Gasteiger charge is 2.05. The van der Waals surface area contributed by atoms with Gasteiger partial charge >= 0.3 is 0 Å². The highest BCUT2D eigenvalue weighted by atomic mass is 79.9. The first-order chi connectivity index (χ1) is 7.67. The summed E-state index contributed by atoms with van der Waals surface area (Å²) >= 11 is 3.38. The van der Waals surface area contributed by atoms with Crippen molar-refractivity contribution in [3.63, 3.8) is 0 Å². The van der Waals surface area contributed by atoms with E-state index in [2.05, 4.69) is 26.6 Å². The lowest BCUT2D eigenvalue weighted by atomic mass is 10.2. The topological polar surface area (TPSA) is 50.4 Å². The third kappa shape index (κ3) is 3.83. The number of carbonyl (C=O) groups excluding carboxylic acids is 1. The Kier molecular flexibility index (Phi) is 5.28. The first kappa shape index (κ1) is 13.0. The van der Waals surface area contributed by atoms with Crippen LogP contribution in [0.1, 0.15) is 5.56 Å². The van der Waals surface area contributed by atoms with Gasteiger partial charge in [-0.1, -0.05) is 15.9 Å². The van der Waals surface area contributed by atoms with Crippen LogP contribution in [0.15, 0.2) is 22.7 Å². The van der Waals surface area contributed by atoms with Crippen molar-refractivity contribution in [1.29, 1.82) is 0 Å². The van der Waals surface area contributed by atoms with Crippen LogP contribution < -0.4 is 15.4 Å². The van der Waals surface area contributed by atoms with Gasteiger partial charge in [0.2, 0.25) is 5.91 Å². The van der Waals surface area contributed by atoms with Gasteiger partial charge in [-0.3, -0.25) is 4.79 Å². The van der Waals surface area contributed by atoms with Crippen LogP contribution in [0.2, 0.25) is 0 Å². The van der Waals surface area contributed by atoms with Crippen molar-refractivity contribution in [3.8, 4) is 5.75 Å². The predicted molar refractivity (Wildman–Crippen MR) is 66.5 cm³/mol. The molecule has 4 nitrogen and oxygen atoms in total. The molecular formula is C11H15BrN2O2. The number of hydrogen-bond acceptors (Lipinski definition) is 3. The molecule has 0 bridgehead atoms. The van der Waals surface area contributed by atoms with E-state index in [4.69, 9.17) is 4.74 Å². The molecule has 0 fully saturated rings. The molecule has 0 radical (unpaired) electrons. The second kappa shape index (κ2) is 6.50. The molecule has 0 heterocycles. The van der Waals surface area contributed by atoms with Crippen LogP contribution in [0.5, 0.6) is 5.75 Å². The van der Waals surface area contributed by atoms with Crippen molar-refractivity contribution in [2.24, 2.45) is 0 Å². The number of halogens is 1. The van der Waals surface area contributed by atoms with E-state index in [0.717, 1.165) is 15.8 Å². The number of nitrogens with one attached hydrogen (secondary N) is 2. The highest BCUT2D eigenvalue weighted by molar-refractivity contribution is 9.10. The van der Waals surface area contributed by atoms with Crippen molar-refractivity contribution < 1.29 is 9.53 Å². The standard InChI is InChI=1S/C11H15BrN2O2/c1-13-7-11(15)14-6-8-5-9(12)3-4-10(8)16-2/h3-5,13H,6-7H2,1-2H3,(H,14,15). The van der Waals surface area contributed by atoms with Gasteiger partial charge in [-0.2, -0.15) is 0 Å². The number of rotatable bonds is 5. The molecule has 0 saturated heterocycles. The third-order valence-electron chi connectivity index (χ3n) is 2.06. The first-order valence-electron chi connectivity index (χ1n) is 4.91. The average molecular weight is 287 g/mol. The lowest BCUT2D eigenvalue weighted by molar-refractivity contribution is -0.120. The Morgan fingerprint density at radius 2 is 2.25 bits per heavy atom. The quantitative estimate of drug-likeness (QED) is 0.858. The fraction of sp³-hybridized carbons (Fsp3) is 0.364. The summed E-state index contributed by atoms with van der Waals surface area (Å²) in [5, 5.41) is 5.59. The molecule has 0 unspecified atom stereocenters. The van der Waals surface area contributed by atoms with Crippen molar-refractivity contribution in [3.05, 3.63) is 28.2 Å². The summed E-state index contributed by atoms with van der Waals surface area (Å²) in [7, 11) is 3.35. The monoisotopic (exact) mass is 286 g/mol. The van der Waals surface area contributed by atoms with E-state index in [0.29, 0.717) is 13.1 Å². The summed E-state index contributed by atoms with van der Waals surface area (Å²) in [4.78, 5) is 11.3. The van der Waals surface area contributed by atoms with Crippen molar-refractivity contribution in [2.45, 2.75) is 6.54 Å². The second-order valence-electron chi connectivity index (χ2n) is 3.26. The van der Waals surface area contributed by atoms with Crippen LogP contribution in [0, 0.1) is 0 Å². The van der Waals surface area contributed by atoms with E-state index >= 15 is 0 Å². The molecule has 16 heavy (non-hydrogen) atoms. The lowest BCUT2D eigenvalue weighted by Gasteiger charge is -2.10. The molecule has 1 rings (SSSR count). The fourth-order valence-corrected chi connectivity index (χ4v) is 1.71. The Balaban J connectivity index is 2.65. The molecule has 0 aliphatic carbocycles. The Morgan fingerprint density at radius 1 is 1.50 bits per heavy atom. The van der Waals surface area contributed by atoms with Gasteiger partial charge in [0.25, 0.3) is 0 Å². The number of methoxy groups -OCH3 is 1. The Hall–Kier alpha value is -1.07. The smallest absolute Gasteiger partial charge is 0.234 e. The van der Waals surface area contributed by atoms with Crippen molar-refractivity contribution in [2.75, 3.05) is 20.7 Å². The Labute approximate surface area is 103 Å². The zero-order valence-electron chi connectivity index (χ0n) is 9.34. The van der Waals surface area contributed by atoms with Crippen LogP contribution in [-0.2, 0) is 11.3 Å². The molecule has 1 aromatic carbocycles. The fourth-order valence-electron chi connectivity index (χ4n) is 1.30. The maximum Gasteiger partial charge on any atom is 0.234 e. The molecular weight excluding hydrogens is 272 g/mol. The van der Waals surface area contributed by atoms with E-state index < -0.39 is 0 Å². The largest absolute Gasteiger partial charge is 0.496 e. The molecule has 1 aromatic rings. The van der Waals surface area contributed by atoms with E-state index in [1.807, 2.05) is 18.2 Å². The molecule has 2 N–H and O–H groups in total. The Morgan fingerprint density at radius 3 is 2.88 bits per heavy atom. The summed E-state index contributed by atoms with van der Waals surface area (Å²) in [6.07, 6.45) is 0. The Bertz CT molecular complexity index is 369. The molecule has 0 aliphatic heterocycles. The van der Waals surface area contributed by atoms with Gasteiger partial charge in [-0.15, -0.1) is 0 Å². The normalized spacial score (nSPS) is 9.94. The molecule has 0 spiro atoms. The first-order valence-corrected chi connectivity index (χ1v) is 5.70. The number of likely N-dealkylation sites (N-methyl/N-ethyl adjacent to an activating group) is 1. The average Bonchev–Trinajstić information content (AvgIpc) is 2.27. The van der Waals surface area contributed by atoms with Gasteiger partial charge in [-0.25, -0.2) is 0 Å². The van der Waals surface area contributed by atoms with Crippen molar-refractivity contribution in [1.82, 2.24) is 10.6 Å². The molecule has 0 saturated carbocycles. The van der Waals surface area contributed by atoms with Gasteiger partial charge in [-0.05, 0) is 25.2 Å². The van der Waals surface area contributed by atoms with Crippen LogP contribution in [0.4, 0.5) is 0 Å². The van der Waals surface area contributed by atoms with Gasteiger partial charge < -0.3 is 15.4 Å². The van der Waals surface area contributed by atoms with E-state index in [1.54, 1.807) is 14.2 Å². The van der Waals surface area contributed by atoms with Crippen LogP contribution in [0.3, 0.4) is 0 Å². The number of amides is 1. The SMILES string of the molecule is CNCC(=O)NCc1cc(Br)ccc1OC. The summed E-state index contributed by atoms with van der Waals surface area (Å²) in [6.45, 7) is 0.777. The van der Waals surface area contributed by atoms with E-state index in [9.17, 15) is 4.79 Å². The van der Waals surface area contributed by atoms with Gasteiger partial charge in [0.05, 0.1) is 13.7 Å². The van der Waals surface area contributed by atoms with Gasteiger partial charge in [0, 0.05) is 16.6 Å². The predicted octanol–water partition coefficient (Wildman–Crippen LogP) is 1.29. The summed E-state index contributed by atoms with van der Waals surface area (Å²) < 4.78 is 6.17. The molecule has 5 heteroatoms. The highest BCUT2D eigenvalue weighted by Crippen LogP contribution is 2.22. The number of carbonyl (C=O) groups is 1. The molecule has 1 amide bonds. The number of ether oxygens (including phenoxy) is 1. The van der Waals surface area contributed by atoms with Crippen LogP contribution in [-0.4, -0.2) is 26.6 Å². The third-order valence-corrected chi connectivity index (χ3v) is 2.55.